The maximum atomic E-state index is 13.1. The maximum absolute atomic E-state index is 13.1. The molecule has 1 fully saturated rings. The van der Waals surface area contributed by atoms with Gasteiger partial charge >= 0.3 is 0 Å². The van der Waals surface area contributed by atoms with Crippen LogP contribution in [-0.4, -0.2) is 43.0 Å². The van der Waals surface area contributed by atoms with Crippen LogP contribution in [0.5, 0.6) is 11.5 Å². The summed E-state index contributed by atoms with van der Waals surface area (Å²) in [6.07, 6.45) is 4.74. The highest BCUT2D eigenvalue weighted by Crippen LogP contribution is 2.45. The van der Waals surface area contributed by atoms with E-state index < -0.39 is 0 Å². The first kappa shape index (κ1) is 19.0. The number of benzene rings is 2. The fraction of sp³-hybridized carbons (Fsp3) is 0.458. The SMILES string of the molecule is CCCOc1ccc2c(c1OCC(C)N1CCCCC1)C(=O)c1ccccc1-2. The van der Waals surface area contributed by atoms with Gasteiger partial charge in [-0.1, -0.05) is 37.6 Å². The van der Waals surface area contributed by atoms with Gasteiger partial charge in [-0.25, -0.2) is 0 Å². The third kappa shape index (κ3) is 3.53. The van der Waals surface area contributed by atoms with Crippen LogP contribution >= 0.6 is 0 Å². The van der Waals surface area contributed by atoms with Crippen molar-refractivity contribution in [2.24, 2.45) is 0 Å². The Labute approximate surface area is 167 Å². The largest absolute Gasteiger partial charge is 0.490 e. The van der Waals surface area contributed by atoms with E-state index in [-0.39, 0.29) is 5.78 Å². The van der Waals surface area contributed by atoms with Crippen LogP contribution in [0.3, 0.4) is 0 Å². The molecule has 0 N–H and O–H groups in total. The van der Waals surface area contributed by atoms with Gasteiger partial charge < -0.3 is 9.47 Å². The average molecular weight is 380 g/mol. The lowest BCUT2D eigenvalue weighted by atomic mass is 10.0. The Bertz CT molecular complexity index is 855. The molecule has 1 unspecified atom stereocenters. The average Bonchev–Trinajstić information content (AvgIpc) is 3.04. The molecule has 0 spiro atoms. The van der Waals surface area contributed by atoms with E-state index in [1.165, 1.54) is 19.3 Å². The minimum Gasteiger partial charge on any atom is -0.490 e. The van der Waals surface area contributed by atoms with E-state index in [1.807, 2.05) is 36.4 Å². The molecule has 0 bridgehead atoms. The zero-order valence-electron chi connectivity index (χ0n) is 16.9. The van der Waals surface area contributed by atoms with Gasteiger partial charge in [-0.15, -0.1) is 0 Å². The van der Waals surface area contributed by atoms with Gasteiger partial charge in [0.05, 0.1) is 12.2 Å². The summed E-state index contributed by atoms with van der Waals surface area (Å²) in [5.74, 6) is 1.32. The summed E-state index contributed by atoms with van der Waals surface area (Å²) in [6.45, 7) is 7.70. The standard InChI is InChI=1S/C24H29NO3/c1-3-15-27-21-12-11-19-18-9-5-6-10-20(18)23(26)22(19)24(21)28-16-17(2)25-13-7-4-8-14-25/h5-6,9-12,17H,3-4,7-8,13-16H2,1-2H3. The number of fused-ring (bicyclic) bond motifs is 3. The molecular formula is C24H29NO3. The molecule has 148 valence electrons. The van der Waals surface area contributed by atoms with E-state index >= 15 is 0 Å². The highest BCUT2D eigenvalue weighted by molar-refractivity contribution is 6.23. The highest BCUT2D eigenvalue weighted by atomic mass is 16.5. The molecule has 4 nitrogen and oxygen atoms in total. The number of carbonyl (C=O) groups excluding carboxylic acids is 1. The number of carbonyl (C=O) groups is 1. The molecule has 0 saturated carbocycles. The predicted molar refractivity (Wildman–Crippen MR) is 111 cm³/mol. The minimum atomic E-state index is 0.0353. The third-order valence-corrected chi connectivity index (χ3v) is 5.76. The Morgan fingerprint density at radius 2 is 1.71 bits per heavy atom. The summed E-state index contributed by atoms with van der Waals surface area (Å²) in [7, 11) is 0. The molecule has 2 aromatic rings. The molecular weight excluding hydrogens is 350 g/mol. The smallest absolute Gasteiger partial charge is 0.198 e. The number of rotatable bonds is 7. The van der Waals surface area contributed by atoms with Gasteiger partial charge in [0, 0.05) is 11.6 Å². The molecule has 0 radical (unpaired) electrons. The van der Waals surface area contributed by atoms with Crippen LogP contribution in [0.15, 0.2) is 36.4 Å². The second-order valence-corrected chi connectivity index (χ2v) is 7.80. The fourth-order valence-corrected chi connectivity index (χ4v) is 4.20. The van der Waals surface area contributed by atoms with Crippen molar-refractivity contribution in [3.8, 4) is 22.6 Å². The van der Waals surface area contributed by atoms with Crippen molar-refractivity contribution in [2.75, 3.05) is 26.3 Å². The Morgan fingerprint density at radius 1 is 0.964 bits per heavy atom. The van der Waals surface area contributed by atoms with Crippen LogP contribution in [0, 0.1) is 0 Å². The fourth-order valence-electron chi connectivity index (χ4n) is 4.20. The summed E-state index contributed by atoms with van der Waals surface area (Å²) in [6, 6.07) is 12.0. The van der Waals surface area contributed by atoms with Crippen LogP contribution in [-0.2, 0) is 0 Å². The Kier molecular flexibility index (Phi) is 5.67. The van der Waals surface area contributed by atoms with Gasteiger partial charge in [0.25, 0.3) is 0 Å². The molecule has 1 saturated heterocycles. The molecule has 1 atom stereocenters. The van der Waals surface area contributed by atoms with E-state index in [9.17, 15) is 4.79 Å². The summed E-state index contributed by atoms with van der Waals surface area (Å²) < 4.78 is 12.3. The molecule has 1 aliphatic carbocycles. The van der Waals surface area contributed by atoms with Crippen LogP contribution in [0.4, 0.5) is 0 Å². The maximum Gasteiger partial charge on any atom is 0.198 e. The summed E-state index contributed by atoms with van der Waals surface area (Å²) in [4.78, 5) is 15.6. The summed E-state index contributed by atoms with van der Waals surface area (Å²) in [5.41, 5.74) is 3.34. The van der Waals surface area contributed by atoms with E-state index in [0.29, 0.717) is 36.3 Å². The lowest BCUT2D eigenvalue weighted by Gasteiger charge is -2.32. The number of ether oxygens (including phenoxy) is 2. The molecule has 4 heteroatoms. The van der Waals surface area contributed by atoms with Gasteiger partial charge in [-0.2, -0.15) is 0 Å². The van der Waals surface area contributed by atoms with Gasteiger partial charge in [-0.3, -0.25) is 9.69 Å². The topological polar surface area (TPSA) is 38.8 Å². The van der Waals surface area contributed by atoms with Crippen molar-refractivity contribution in [1.82, 2.24) is 4.90 Å². The number of hydrogen-bond acceptors (Lipinski definition) is 4. The molecule has 0 aromatic heterocycles. The van der Waals surface area contributed by atoms with Crippen molar-refractivity contribution in [3.05, 3.63) is 47.5 Å². The number of likely N-dealkylation sites (tertiary alicyclic amines) is 1. The monoisotopic (exact) mass is 379 g/mol. The van der Waals surface area contributed by atoms with Crippen LogP contribution in [0.2, 0.25) is 0 Å². The Balaban J connectivity index is 1.63. The summed E-state index contributed by atoms with van der Waals surface area (Å²) >= 11 is 0. The van der Waals surface area contributed by atoms with Crippen LogP contribution in [0.1, 0.15) is 55.5 Å². The second kappa shape index (κ2) is 8.36. The Hall–Kier alpha value is -2.33. The van der Waals surface area contributed by atoms with Gasteiger partial charge in [0.2, 0.25) is 0 Å². The van der Waals surface area contributed by atoms with Crippen molar-refractivity contribution in [2.45, 2.75) is 45.6 Å². The van der Waals surface area contributed by atoms with E-state index in [0.717, 1.165) is 36.2 Å². The van der Waals surface area contributed by atoms with Crippen LogP contribution < -0.4 is 9.47 Å². The first-order valence-electron chi connectivity index (χ1n) is 10.5. The molecule has 2 aromatic carbocycles. The zero-order chi connectivity index (χ0) is 19.5. The predicted octanol–water partition coefficient (Wildman–Crippen LogP) is 4.94. The molecule has 1 aliphatic heterocycles. The number of nitrogens with zero attached hydrogens (tertiary/aromatic N) is 1. The first-order valence-corrected chi connectivity index (χ1v) is 10.5. The number of ketones is 1. The Morgan fingerprint density at radius 3 is 2.46 bits per heavy atom. The molecule has 4 rings (SSSR count). The third-order valence-electron chi connectivity index (χ3n) is 5.76. The minimum absolute atomic E-state index is 0.0353. The lowest BCUT2D eigenvalue weighted by molar-refractivity contribution is 0.102. The normalized spacial score (nSPS) is 17.1. The second-order valence-electron chi connectivity index (χ2n) is 7.80. The number of hydrogen-bond donors (Lipinski definition) is 0. The zero-order valence-corrected chi connectivity index (χ0v) is 16.9. The van der Waals surface area contributed by atoms with Gasteiger partial charge in [0.15, 0.2) is 17.3 Å². The molecule has 2 aliphatic rings. The van der Waals surface area contributed by atoms with Crippen LogP contribution in [0.25, 0.3) is 11.1 Å². The van der Waals surface area contributed by atoms with E-state index in [2.05, 4.69) is 18.7 Å². The van der Waals surface area contributed by atoms with E-state index in [1.54, 1.807) is 0 Å². The number of piperidine rings is 1. The quantitative estimate of drug-likeness (QED) is 0.583. The van der Waals surface area contributed by atoms with Crippen molar-refractivity contribution in [1.29, 1.82) is 0 Å². The summed E-state index contributed by atoms with van der Waals surface area (Å²) in [5, 5.41) is 0. The van der Waals surface area contributed by atoms with Gasteiger partial charge in [-0.05, 0) is 62.5 Å². The highest BCUT2D eigenvalue weighted by Gasteiger charge is 2.32. The van der Waals surface area contributed by atoms with Crippen molar-refractivity contribution >= 4 is 5.78 Å². The molecule has 28 heavy (non-hydrogen) atoms. The van der Waals surface area contributed by atoms with E-state index in [4.69, 9.17) is 9.47 Å². The first-order chi connectivity index (χ1) is 13.7. The van der Waals surface area contributed by atoms with Crippen molar-refractivity contribution in [3.63, 3.8) is 0 Å². The molecule has 1 heterocycles. The van der Waals surface area contributed by atoms with Crippen molar-refractivity contribution < 1.29 is 14.3 Å². The lowest BCUT2D eigenvalue weighted by Crippen LogP contribution is -2.40. The molecule has 0 amide bonds. The van der Waals surface area contributed by atoms with Gasteiger partial charge in [0.1, 0.15) is 6.61 Å².